The molecule has 6 nitrogen and oxygen atoms in total. The van der Waals surface area contributed by atoms with Crippen molar-refractivity contribution in [1.82, 2.24) is 20.4 Å². The van der Waals surface area contributed by atoms with Crippen molar-refractivity contribution in [2.24, 2.45) is 5.92 Å². The molecule has 2 heterocycles. The zero-order valence-corrected chi connectivity index (χ0v) is 14.3. The van der Waals surface area contributed by atoms with Crippen molar-refractivity contribution < 1.29 is 13.7 Å². The molecule has 0 fully saturated rings. The molecule has 0 saturated carbocycles. The van der Waals surface area contributed by atoms with E-state index in [1.165, 1.54) is 6.07 Å². The molecule has 0 radical (unpaired) electrons. The van der Waals surface area contributed by atoms with Gasteiger partial charge in [-0.25, -0.2) is 9.37 Å². The van der Waals surface area contributed by atoms with Gasteiger partial charge in [0.1, 0.15) is 23.1 Å². The fourth-order valence-corrected chi connectivity index (χ4v) is 2.46. The van der Waals surface area contributed by atoms with Crippen molar-refractivity contribution in [1.29, 1.82) is 0 Å². The molecule has 130 valence electrons. The number of nitrogens with zero attached hydrogens (tertiary/aromatic N) is 3. The Morgan fingerprint density at radius 2 is 2.00 bits per heavy atom. The van der Waals surface area contributed by atoms with Crippen LogP contribution in [-0.2, 0) is 6.42 Å². The minimum atomic E-state index is -0.473. The van der Waals surface area contributed by atoms with Crippen LogP contribution in [0.3, 0.4) is 0 Å². The van der Waals surface area contributed by atoms with E-state index in [0.29, 0.717) is 29.4 Å². The van der Waals surface area contributed by atoms with Crippen LogP contribution in [0.1, 0.15) is 49.0 Å². The molecule has 3 aromatic rings. The smallest absolute Gasteiger partial charge is 0.270 e. The first-order valence-electron chi connectivity index (χ1n) is 8.12. The number of pyridine rings is 1. The number of benzene rings is 1. The van der Waals surface area contributed by atoms with Crippen LogP contribution in [-0.4, -0.2) is 21.0 Å². The minimum absolute atomic E-state index is 0.131. The number of carbonyl (C=O) groups is 1. The van der Waals surface area contributed by atoms with Crippen LogP contribution in [0.4, 0.5) is 4.39 Å². The van der Waals surface area contributed by atoms with Gasteiger partial charge in [-0.05, 0) is 25.0 Å². The van der Waals surface area contributed by atoms with Crippen LogP contribution in [0.25, 0.3) is 10.9 Å². The van der Waals surface area contributed by atoms with Crippen LogP contribution in [0.5, 0.6) is 0 Å². The lowest BCUT2D eigenvalue weighted by molar-refractivity contribution is 0.0928. The first-order chi connectivity index (χ1) is 11.9. The Kier molecular flexibility index (Phi) is 4.74. The lowest BCUT2D eigenvalue weighted by atomic mass is 10.1. The number of halogens is 1. The molecule has 0 saturated heterocycles. The second-order valence-electron chi connectivity index (χ2n) is 6.35. The van der Waals surface area contributed by atoms with Crippen LogP contribution < -0.4 is 5.32 Å². The SMILES string of the molecule is CC(C)Cc1noc(C(C)NC(=O)c2ccc3cccc(F)c3n2)n1. The Bertz CT molecular complexity index is 907. The number of nitrogens with one attached hydrogen (secondary N) is 1. The number of hydrogen-bond acceptors (Lipinski definition) is 5. The maximum Gasteiger partial charge on any atom is 0.270 e. The van der Waals surface area contributed by atoms with Gasteiger partial charge >= 0.3 is 0 Å². The normalized spacial score (nSPS) is 12.5. The lowest BCUT2D eigenvalue weighted by Gasteiger charge is -2.09. The first kappa shape index (κ1) is 17.0. The number of carbonyl (C=O) groups excluding carboxylic acids is 1. The summed E-state index contributed by atoms with van der Waals surface area (Å²) in [6.45, 7) is 5.86. The van der Waals surface area contributed by atoms with E-state index in [1.54, 1.807) is 31.2 Å². The van der Waals surface area contributed by atoms with E-state index in [9.17, 15) is 9.18 Å². The van der Waals surface area contributed by atoms with Gasteiger partial charge in [-0.1, -0.05) is 37.2 Å². The van der Waals surface area contributed by atoms with Gasteiger partial charge in [0, 0.05) is 11.8 Å². The van der Waals surface area contributed by atoms with E-state index in [4.69, 9.17) is 4.52 Å². The van der Waals surface area contributed by atoms with Crippen molar-refractivity contribution >= 4 is 16.8 Å². The van der Waals surface area contributed by atoms with E-state index in [1.807, 2.05) is 0 Å². The minimum Gasteiger partial charge on any atom is -0.339 e. The van der Waals surface area contributed by atoms with E-state index in [0.717, 1.165) is 0 Å². The molecule has 7 heteroatoms. The summed E-state index contributed by atoms with van der Waals surface area (Å²) in [4.78, 5) is 20.8. The van der Waals surface area contributed by atoms with E-state index in [2.05, 4.69) is 34.3 Å². The lowest BCUT2D eigenvalue weighted by Crippen LogP contribution is -2.27. The summed E-state index contributed by atoms with van der Waals surface area (Å²) in [7, 11) is 0. The maximum atomic E-state index is 13.8. The Balaban J connectivity index is 1.75. The quantitative estimate of drug-likeness (QED) is 0.768. The van der Waals surface area contributed by atoms with Crippen molar-refractivity contribution in [3.8, 4) is 0 Å². The predicted octanol–water partition coefficient (Wildman–Crippen LogP) is 3.45. The Morgan fingerprint density at radius 1 is 1.20 bits per heavy atom. The fourth-order valence-electron chi connectivity index (χ4n) is 2.46. The van der Waals surface area contributed by atoms with Gasteiger partial charge in [-0.15, -0.1) is 0 Å². The number of amides is 1. The molecule has 1 unspecified atom stereocenters. The van der Waals surface area contributed by atoms with Crippen molar-refractivity contribution in [2.45, 2.75) is 33.2 Å². The molecule has 1 atom stereocenters. The summed E-state index contributed by atoms with van der Waals surface area (Å²) >= 11 is 0. The second-order valence-corrected chi connectivity index (χ2v) is 6.35. The molecule has 0 spiro atoms. The number of aromatic nitrogens is 3. The number of hydrogen-bond donors (Lipinski definition) is 1. The van der Waals surface area contributed by atoms with Gasteiger partial charge in [0.15, 0.2) is 5.82 Å². The molecule has 1 amide bonds. The van der Waals surface area contributed by atoms with Gasteiger partial charge < -0.3 is 9.84 Å². The highest BCUT2D eigenvalue weighted by Gasteiger charge is 2.19. The largest absolute Gasteiger partial charge is 0.339 e. The summed E-state index contributed by atoms with van der Waals surface area (Å²) in [6.07, 6.45) is 0.704. The van der Waals surface area contributed by atoms with Crippen molar-refractivity contribution in [2.75, 3.05) is 0 Å². The summed E-state index contributed by atoms with van der Waals surface area (Å²) in [5.41, 5.74) is 0.297. The average Bonchev–Trinajstić information content (AvgIpc) is 3.02. The zero-order chi connectivity index (χ0) is 18.0. The van der Waals surface area contributed by atoms with Gasteiger partial charge in [0.25, 0.3) is 5.91 Å². The standard InChI is InChI=1S/C18H19FN4O2/c1-10(2)9-15-22-18(25-23-15)11(3)20-17(24)14-8-7-12-5-4-6-13(19)16(12)21-14/h4-8,10-11H,9H2,1-3H3,(H,20,24). The predicted molar refractivity (Wildman–Crippen MR) is 90.4 cm³/mol. The number of fused-ring (bicyclic) bond motifs is 1. The summed E-state index contributed by atoms with van der Waals surface area (Å²) in [5, 5.41) is 7.29. The maximum absolute atomic E-state index is 13.8. The molecular weight excluding hydrogens is 323 g/mol. The molecule has 25 heavy (non-hydrogen) atoms. The van der Waals surface area contributed by atoms with Gasteiger partial charge in [0.05, 0.1) is 0 Å². The van der Waals surface area contributed by atoms with Crippen LogP contribution >= 0.6 is 0 Å². The van der Waals surface area contributed by atoms with E-state index < -0.39 is 17.8 Å². The topological polar surface area (TPSA) is 80.9 Å². The second kappa shape index (κ2) is 6.96. The Hall–Kier alpha value is -2.83. The van der Waals surface area contributed by atoms with Gasteiger partial charge in [0.2, 0.25) is 5.89 Å². The third-order valence-corrected chi connectivity index (χ3v) is 3.70. The highest BCUT2D eigenvalue weighted by atomic mass is 19.1. The molecular formula is C18H19FN4O2. The molecule has 0 aliphatic rings. The van der Waals surface area contributed by atoms with E-state index >= 15 is 0 Å². The number of rotatable bonds is 5. The Labute approximate surface area is 144 Å². The van der Waals surface area contributed by atoms with Crippen LogP contribution in [0.2, 0.25) is 0 Å². The monoisotopic (exact) mass is 342 g/mol. The van der Waals surface area contributed by atoms with Crippen molar-refractivity contribution in [3.05, 3.63) is 53.6 Å². The third-order valence-electron chi connectivity index (χ3n) is 3.70. The van der Waals surface area contributed by atoms with Crippen LogP contribution in [0.15, 0.2) is 34.9 Å². The zero-order valence-electron chi connectivity index (χ0n) is 14.3. The highest BCUT2D eigenvalue weighted by molar-refractivity contribution is 5.95. The molecule has 3 rings (SSSR count). The molecule has 1 N–H and O–H groups in total. The van der Waals surface area contributed by atoms with Gasteiger partial charge in [-0.3, -0.25) is 4.79 Å². The van der Waals surface area contributed by atoms with E-state index in [-0.39, 0.29) is 11.2 Å². The molecule has 0 aliphatic carbocycles. The average molecular weight is 342 g/mol. The molecule has 1 aromatic carbocycles. The van der Waals surface area contributed by atoms with Crippen LogP contribution in [0, 0.1) is 11.7 Å². The molecule has 0 bridgehead atoms. The summed E-state index contributed by atoms with van der Waals surface area (Å²) in [6, 6.07) is 7.41. The summed E-state index contributed by atoms with van der Waals surface area (Å²) < 4.78 is 19.0. The summed E-state index contributed by atoms with van der Waals surface area (Å²) in [5.74, 6) is 0.455. The highest BCUT2D eigenvalue weighted by Crippen LogP contribution is 2.17. The fraction of sp³-hybridized carbons (Fsp3) is 0.333. The third kappa shape index (κ3) is 3.81. The number of para-hydroxylation sites is 1. The molecule has 0 aliphatic heterocycles. The molecule has 2 aromatic heterocycles. The van der Waals surface area contributed by atoms with Gasteiger partial charge in [-0.2, -0.15) is 4.98 Å². The Morgan fingerprint density at radius 3 is 2.76 bits per heavy atom. The van der Waals surface area contributed by atoms with Crippen molar-refractivity contribution in [3.63, 3.8) is 0 Å². The first-order valence-corrected chi connectivity index (χ1v) is 8.12.